The third-order valence-corrected chi connectivity index (χ3v) is 11.0. The van der Waals surface area contributed by atoms with Crippen molar-refractivity contribution in [3.8, 4) is 39.9 Å². The van der Waals surface area contributed by atoms with Crippen molar-refractivity contribution >= 4 is 75.3 Å². The van der Waals surface area contributed by atoms with Crippen molar-refractivity contribution < 1.29 is 4.42 Å². The first-order chi connectivity index (χ1) is 25.3. The molecule has 0 fully saturated rings. The molecule has 6 heteroatoms. The van der Waals surface area contributed by atoms with Crippen molar-refractivity contribution in [3.05, 3.63) is 158 Å². The van der Waals surface area contributed by atoms with Crippen LogP contribution in [0, 0.1) is 0 Å². The van der Waals surface area contributed by atoms with E-state index >= 15 is 0 Å². The van der Waals surface area contributed by atoms with Gasteiger partial charge in [-0.1, -0.05) is 103 Å². The lowest BCUT2D eigenvalue weighted by Crippen LogP contribution is -2.00. The van der Waals surface area contributed by atoms with Gasteiger partial charge in [0, 0.05) is 53.0 Å². The Balaban J connectivity index is 1.11. The van der Waals surface area contributed by atoms with Gasteiger partial charge in [-0.2, -0.15) is 0 Å². The van der Waals surface area contributed by atoms with Crippen LogP contribution in [-0.4, -0.2) is 19.5 Å². The number of nitrogens with zero attached hydrogens (tertiary/aromatic N) is 4. The van der Waals surface area contributed by atoms with E-state index in [4.69, 9.17) is 19.4 Å². The summed E-state index contributed by atoms with van der Waals surface area (Å²) in [6.45, 7) is 0. The molecule has 0 aliphatic rings. The summed E-state index contributed by atoms with van der Waals surface area (Å²) >= 11 is 1.80. The van der Waals surface area contributed by atoms with Crippen LogP contribution in [0.3, 0.4) is 0 Å². The molecule has 0 aliphatic carbocycles. The van der Waals surface area contributed by atoms with Gasteiger partial charge in [0.15, 0.2) is 17.5 Å². The number of aromatic nitrogens is 4. The zero-order valence-electron chi connectivity index (χ0n) is 27.1. The minimum absolute atomic E-state index is 0.643. The van der Waals surface area contributed by atoms with Crippen LogP contribution < -0.4 is 0 Å². The molecule has 0 atom stereocenters. The molecule has 4 heterocycles. The molecule has 0 aliphatic heterocycles. The first-order valence-electron chi connectivity index (χ1n) is 16.9. The van der Waals surface area contributed by atoms with Gasteiger partial charge in [0.25, 0.3) is 0 Å². The van der Waals surface area contributed by atoms with Crippen molar-refractivity contribution in [2.45, 2.75) is 0 Å². The van der Waals surface area contributed by atoms with E-state index in [0.29, 0.717) is 17.5 Å². The number of furan rings is 1. The van der Waals surface area contributed by atoms with Crippen LogP contribution in [0.1, 0.15) is 0 Å². The van der Waals surface area contributed by atoms with Crippen LogP contribution in [0.15, 0.2) is 162 Å². The first kappa shape index (κ1) is 28.2. The topological polar surface area (TPSA) is 56.7 Å². The second kappa shape index (κ2) is 10.9. The third kappa shape index (κ3) is 4.37. The number of benzene rings is 7. The highest BCUT2D eigenvalue weighted by molar-refractivity contribution is 7.25. The van der Waals surface area contributed by atoms with Crippen LogP contribution in [0.2, 0.25) is 0 Å². The van der Waals surface area contributed by atoms with E-state index in [0.717, 1.165) is 55.1 Å². The molecule has 11 rings (SSSR count). The fourth-order valence-electron chi connectivity index (χ4n) is 7.52. The summed E-state index contributed by atoms with van der Waals surface area (Å²) in [5.74, 6) is 1.94. The molecule has 0 N–H and O–H groups in total. The summed E-state index contributed by atoms with van der Waals surface area (Å²) in [6.07, 6.45) is 0. The molecular formula is C45H26N4OS. The smallest absolute Gasteiger partial charge is 0.164 e. The van der Waals surface area contributed by atoms with Crippen molar-refractivity contribution in [3.63, 3.8) is 0 Å². The van der Waals surface area contributed by atoms with Crippen LogP contribution in [0.5, 0.6) is 0 Å². The maximum atomic E-state index is 6.64. The highest BCUT2D eigenvalue weighted by Gasteiger charge is 2.20. The SMILES string of the molecule is c1ccc(-c2nc(-c3ccccc3)nc(-c3ccc4sc5cc6c(cc5c4c3)oc3cccc(-n4c5ccccc5c5ccccc54)c36)n2)cc1. The van der Waals surface area contributed by atoms with Crippen molar-refractivity contribution in [1.29, 1.82) is 0 Å². The summed E-state index contributed by atoms with van der Waals surface area (Å²) in [5, 5.41) is 7.02. The fraction of sp³-hybridized carbons (Fsp3) is 0. The van der Waals surface area contributed by atoms with Crippen molar-refractivity contribution in [1.82, 2.24) is 19.5 Å². The van der Waals surface area contributed by atoms with Crippen LogP contribution in [-0.2, 0) is 0 Å². The number of hydrogen-bond acceptors (Lipinski definition) is 5. The van der Waals surface area contributed by atoms with E-state index < -0.39 is 0 Å². The summed E-state index contributed by atoms with van der Waals surface area (Å²) in [4.78, 5) is 14.9. The Bertz CT molecular complexity index is 3030. The lowest BCUT2D eigenvalue weighted by atomic mass is 10.1. The van der Waals surface area contributed by atoms with Crippen molar-refractivity contribution in [2.75, 3.05) is 0 Å². The Morgan fingerprint density at radius 1 is 0.412 bits per heavy atom. The fourth-order valence-corrected chi connectivity index (χ4v) is 8.63. The van der Waals surface area contributed by atoms with Gasteiger partial charge < -0.3 is 8.98 Å². The number of hydrogen-bond donors (Lipinski definition) is 0. The van der Waals surface area contributed by atoms with Gasteiger partial charge in [-0.05, 0) is 54.6 Å². The van der Waals surface area contributed by atoms with E-state index in [1.54, 1.807) is 11.3 Å². The molecule has 11 aromatic rings. The van der Waals surface area contributed by atoms with Crippen molar-refractivity contribution in [2.24, 2.45) is 0 Å². The lowest BCUT2D eigenvalue weighted by Gasteiger charge is -2.09. The normalized spacial score (nSPS) is 11.9. The van der Waals surface area contributed by atoms with Gasteiger partial charge in [-0.3, -0.25) is 0 Å². The molecule has 0 spiro atoms. The summed E-state index contributed by atoms with van der Waals surface area (Å²) in [6, 6.07) is 54.9. The standard InChI is InChI=1S/C45H26N4OS/c1-3-12-27(13-4-1)43-46-44(28-14-5-2-6-15-28)48-45(47-43)29-22-23-40-32(24-29)33-25-39-34(26-41(33)51-40)42-37(20-11-21-38(42)50-39)49-35-18-9-7-16-30(35)31-17-8-10-19-36(31)49/h1-26H. The first-order valence-corrected chi connectivity index (χ1v) is 17.8. The predicted octanol–water partition coefficient (Wildman–Crippen LogP) is 12.2. The van der Waals surface area contributed by atoms with Gasteiger partial charge in [0.1, 0.15) is 11.2 Å². The maximum Gasteiger partial charge on any atom is 0.164 e. The Labute approximate surface area is 295 Å². The second-order valence-corrected chi connectivity index (χ2v) is 13.9. The van der Waals surface area contributed by atoms with E-state index in [1.807, 2.05) is 60.7 Å². The highest BCUT2D eigenvalue weighted by Crippen LogP contribution is 2.43. The molecule has 238 valence electrons. The Kier molecular flexibility index (Phi) is 6.05. The van der Waals surface area contributed by atoms with Gasteiger partial charge in [0.2, 0.25) is 0 Å². The van der Waals surface area contributed by atoms with Gasteiger partial charge >= 0.3 is 0 Å². The average molecular weight is 671 g/mol. The Morgan fingerprint density at radius 2 is 1.00 bits per heavy atom. The van der Waals surface area contributed by atoms with E-state index in [-0.39, 0.29) is 0 Å². The highest BCUT2D eigenvalue weighted by atomic mass is 32.1. The van der Waals surface area contributed by atoms with Gasteiger partial charge in [-0.15, -0.1) is 11.3 Å². The van der Waals surface area contributed by atoms with E-state index in [1.165, 1.54) is 31.2 Å². The van der Waals surface area contributed by atoms with E-state index in [2.05, 4.69) is 102 Å². The zero-order chi connectivity index (χ0) is 33.5. The number of rotatable bonds is 4. The quantitative estimate of drug-likeness (QED) is 0.187. The Morgan fingerprint density at radius 3 is 1.67 bits per heavy atom. The molecule has 0 saturated heterocycles. The predicted molar refractivity (Wildman–Crippen MR) is 211 cm³/mol. The monoisotopic (exact) mass is 670 g/mol. The molecule has 0 bridgehead atoms. The maximum absolute atomic E-state index is 6.64. The summed E-state index contributed by atoms with van der Waals surface area (Å²) < 4.78 is 11.4. The summed E-state index contributed by atoms with van der Waals surface area (Å²) in [5.41, 5.74) is 8.07. The number of thiophene rings is 1. The largest absolute Gasteiger partial charge is 0.456 e. The molecule has 0 amide bonds. The number of fused-ring (bicyclic) bond motifs is 9. The molecule has 0 saturated carbocycles. The molecule has 0 unspecified atom stereocenters. The molecule has 4 aromatic heterocycles. The third-order valence-electron chi connectivity index (χ3n) is 9.84. The second-order valence-electron chi connectivity index (χ2n) is 12.8. The average Bonchev–Trinajstić information content (AvgIpc) is 3.86. The minimum atomic E-state index is 0.643. The number of para-hydroxylation sites is 2. The molecule has 51 heavy (non-hydrogen) atoms. The molecule has 0 radical (unpaired) electrons. The molecule has 5 nitrogen and oxygen atoms in total. The van der Waals surface area contributed by atoms with Crippen LogP contribution in [0.25, 0.3) is 104 Å². The minimum Gasteiger partial charge on any atom is -0.456 e. The van der Waals surface area contributed by atoms with E-state index in [9.17, 15) is 0 Å². The van der Waals surface area contributed by atoms with Gasteiger partial charge in [0.05, 0.1) is 22.1 Å². The molecular weight excluding hydrogens is 645 g/mol. The molecule has 7 aromatic carbocycles. The summed E-state index contributed by atoms with van der Waals surface area (Å²) in [7, 11) is 0. The lowest BCUT2D eigenvalue weighted by molar-refractivity contribution is 0.669. The van der Waals surface area contributed by atoms with Crippen LogP contribution >= 0.6 is 11.3 Å². The van der Waals surface area contributed by atoms with Crippen LogP contribution in [0.4, 0.5) is 0 Å². The zero-order valence-corrected chi connectivity index (χ0v) is 27.9. The van der Waals surface area contributed by atoms with Gasteiger partial charge in [-0.25, -0.2) is 15.0 Å². The Hall–Kier alpha value is -6.63.